The third-order valence-electron chi connectivity index (χ3n) is 3.47. The summed E-state index contributed by atoms with van der Waals surface area (Å²) in [7, 11) is 4.30. The highest BCUT2D eigenvalue weighted by atomic mass is 79.9. The number of halogens is 1. The fourth-order valence-electron chi connectivity index (χ4n) is 2.05. The Hall–Kier alpha value is -0.680. The summed E-state index contributed by atoms with van der Waals surface area (Å²) < 4.78 is 0.817. The number of likely N-dealkylation sites (N-methyl/N-ethyl adjacent to an activating group) is 1. The zero-order valence-corrected chi connectivity index (χ0v) is 11.3. The first kappa shape index (κ1) is 11.8. The summed E-state index contributed by atoms with van der Waals surface area (Å²) in [5.74, 6) is 0.884. The molecule has 1 aromatic heterocycles. The van der Waals surface area contributed by atoms with Gasteiger partial charge in [-0.05, 0) is 49.3 Å². The number of anilines is 1. The molecule has 0 radical (unpaired) electrons. The Balaban J connectivity index is 1.96. The van der Waals surface area contributed by atoms with Crippen LogP contribution in [0.5, 0.6) is 0 Å². The van der Waals surface area contributed by atoms with Crippen molar-refractivity contribution in [3.05, 3.63) is 17.0 Å². The largest absolute Gasteiger partial charge is 0.368 e. The lowest BCUT2D eigenvalue weighted by Gasteiger charge is -2.47. The van der Waals surface area contributed by atoms with Crippen LogP contribution in [0.2, 0.25) is 0 Å². The predicted molar refractivity (Wildman–Crippen MR) is 68.5 cm³/mol. The number of nitrogens with one attached hydrogen (secondary N) is 1. The van der Waals surface area contributed by atoms with Crippen molar-refractivity contribution in [1.29, 1.82) is 0 Å². The molecule has 88 valence electrons. The number of nitrogens with zero attached hydrogens (tertiary/aromatic N) is 3. The Morgan fingerprint density at radius 2 is 2.19 bits per heavy atom. The van der Waals surface area contributed by atoms with E-state index in [9.17, 15) is 0 Å². The summed E-state index contributed by atoms with van der Waals surface area (Å²) in [6.45, 7) is 0.948. The first-order chi connectivity index (χ1) is 7.62. The summed E-state index contributed by atoms with van der Waals surface area (Å²) in [4.78, 5) is 10.5. The molecule has 0 bridgehead atoms. The van der Waals surface area contributed by atoms with Crippen molar-refractivity contribution in [3.63, 3.8) is 0 Å². The molecule has 1 aliphatic rings. The molecule has 4 nitrogen and oxygen atoms in total. The highest BCUT2D eigenvalue weighted by molar-refractivity contribution is 9.10. The van der Waals surface area contributed by atoms with E-state index in [1.54, 1.807) is 6.33 Å². The summed E-state index contributed by atoms with van der Waals surface area (Å²) in [5.41, 5.74) is 0.317. The summed E-state index contributed by atoms with van der Waals surface area (Å²) >= 11 is 3.34. The van der Waals surface area contributed by atoms with Crippen LogP contribution in [-0.2, 0) is 0 Å². The molecule has 0 saturated heterocycles. The van der Waals surface area contributed by atoms with Crippen LogP contribution in [0.4, 0.5) is 5.82 Å². The van der Waals surface area contributed by atoms with Gasteiger partial charge in [-0.25, -0.2) is 9.97 Å². The van der Waals surface area contributed by atoms with Crippen LogP contribution >= 0.6 is 15.9 Å². The highest BCUT2D eigenvalue weighted by Gasteiger charge is 2.38. The maximum absolute atomic E-state index is 4.19. The zero-order valence-electron chi connectivity index (χ0n) is 9.70. The Morgan fingerprint density at radius 1 is 1.44 bits per heavy atom. The smallest absolute Gasteiger partial charge is 0.130 e. The molecule has 0 amide bonds. The standard InChI is InChI=1S/C11H17BrN4/c1-16(2)11(4-3-5-11)7-13-10-6-9(12)14-8-15-10/h6,8H,3-5,7H2,1-2H3,(H,13,14,15). The van der Waals surface area contributed by atoms with Gasteiger partial charge in [0.2, 0.25) is 0 Å². The third-order valence-corrected chi connectivity index (χ3v) is 3.90. The Bertz CT molecular complexity index is 363. The molecule has 0 atom stereocenters. The minimum Gasteiger partial charge on any atom is -0.368 e. The van der Waals surface area contributed by atoms with E-state index in [0.29, 0.717) is 5.54 Å². The molecule has 2 rings (SSSR count). The molecule has 0 aromatic carbocycles. The minimum absolute atomic E-state index is 0.317. The third kappa shape index (κ3) is 2.35. The maximum atomic E-state index is 4.19. The van der Waals surface area contributed by atoms with E-state index in [0.717, 1.165) is 17.0 Å². The van der Waals surface area contributed by atoms with Crippen LogP contribution in [0.3, 0.4) is 0 Å². The minimum atomic E-state index is 0.317. The molecule has 5 heteroatoms. The van der Waals surface area contributed by atoms with Crippen LogP contribution in [0.25, 0.3) is 0 Å². The van der Waals surface area contributed by atoms with Crippen molar-refractivity contribution >= 4 is 21.7 Å². The van der Waals surface area contributed by atoms with Crippen molar-refractivity contribution in [2.75, 3.05) is 26.0 Å². The molecule has 16 heavy (non-hydrogen) atoms. The van der Waals surface area contributed by atoms with Crippen LogP contribution in [0.15, 0.2) is 17.0 Å². The molecule has 1 saturated carbocycles. The molecule has 0 spiro atoms. The van der Waals surface area contributed by atoms with Crippen molar-refractivity contribution in [3.8, 4) is 0 Å². The molecule has 1 aliphatic carbocycles. The van der Waals surface area contributed by atoms with E-state index in [1.807, 2.05) is 6.07 Å². The van der Waals surface area contributed by atoms with E-state index >= 15 is 0 Å². The Kier molecular flexibility index (Phi) is 3.44. The summed E-state index contributed by atoms with van der Waals surface area (Å²) in [5, 5.41) is 3.39. The normalized spacial score (nSPS) is 18.2. The molecule has 1 heterocycles. The summed E-state index contributed by atoms with van der Waals surface area (Å²) in [6.07, 6.45) is 5.42. The van der Waals surface area contributed by atoms with Crippen molar-refractivity contribution < 1.29 is 0 Å². The molecule has 1 aromatic rings. The van der Waals surface area contributed by atoms with E-state index in [4.69, 9.17) is 0 Å². The van der Waals surface area contributed by atoms with Gasteiger partial charge in [-0.2, -0.15) is 0 Å². The number of hydrogen-bond acceptors (Lipinski definition) is 4. The van der Waals surface area contributed by atoms with E-state index in [1.165, 1.54) is 19.3 Å². The fourth-order valence-corrected chi connectivity index (χ4v) is 2.36. The van der Waals surface area contributed by atoms with Crippen molar-refractivity contribution in [2.24, 2.45) is 0 Å². The topological polar surface area (TPSA) is 41.0 Å². The zero-order chi connectivity index (χ0) is 11.6. The van der Waals surface area contributed by atoms with Gasteiger partial charge in [0.25, 0.3) is 0 Å². The van der Waals surface area contributed by atoms with Crippen LogP contribution < -0.4 is 5.32 Å². The monoisotopic (exact) mass is 284 g/mol. The van der Waals surface area contributed by atoms with Crippen LogP contribution in [-0.4, -0.2) is 41.0 Å². The van der Waals surface area contributed by atoms with Crippen LogP contribution in [0.1, 0.15) is 19.3 Å². The van der Waals surface area contributed by atoms with E-state index in [-0.39, 0.29) is 0 Å². The average Bonchev–Trinajstić information content (AvgIpc) is 2.15. The highest BCUT2D eigenvalue weighted by Crippen LogP contribution is 2.36. The number of aromatic nitrogens is 2. The average molecular weight is 285 g/mol. The van der Waals surface area contributed by atoms with Gasteiger partial charge < -0.3 is 10.2 Å². The van der Waals surface area contributed by atoms with Gasteiger partial charge in [-0.1, -0.05) is 0 Å². The van der Waals surface area contributed by atoms with Crippen molar-refractivity contribution in [1.82, 2.24) is 14.9 Å². The van der Waals surface area contributed by atoms with Gasteiger partial charge >= 0.3 is 0 Å². The van der Waals surface area contributed by atoms with Gasteiger partial charge in [-0.3, -0.25) is 0 Å². The second-order valence-electron chi connectivity index (χ2n) is 4.55. The van der Waals surface area contributed by atoms with Crippen molar-refractivity contribution in [2.45, 2.75) is 24.8 Å². The lowest BCUT2D eigenvalue weighted by Crippen LogP contribution is -2.54. The SMILES string of the molecule is CN(C)C1(CNc2cc(Br)ncn2)CCC1. The van der Waals surface area contributed by atoms with E-state index < -0.39 is 0 Å². The number of rotatable bonds is 4. The summed E-state index contributed by atoms with van der Waals surface area (Å²) in [6, 6.07) is 1.90. The van der Waals surface area contributed by atoms with Crippen LogP contribution in [0, 0.1) is 0 Å². The Morgan fingerprint density at radius 3 is 2.69 bits per heavy atom. The predicted octanol–water partition coefficient (Wildman–Crippen LogP) is 2.14. The molecule has 0 aliphatic heterocycles. The maximum Gasteiger partial charge on any atom is 0.130 e. The first-order valence-electron chi connectivity index (χ1n) is 5.51. The van der Waals surface area contributed by atoms with Gasteiger partial charge in [0.05, 0.1) is 0 Å². The van der Waals surface area contributed by atoms with Gasteiger partial charge in [-0.15, -0.1) is 0 Å². The number of hydrogen-bond donors (Lipinski definition) is 1. The Labute approximate surface area is 105 Å². The quantitative estimate of drug-likeness (QED) is 0.860. The van der Waals surface area contributed by atoms with Gasteiger partial charge in [0.1, 0.15) is 16.7 Å². The molecule has 1 N–H and O–H groups in total. The molecule has 1 fully saturated rings. The first-order valence-corrected chi connectivity index (χ1v) is 6.31. The second kappa shape index (κ2) is 4.67. The van der Waals surface area contributed by atoms with Gasteiger partial charge in [0, 0.05) is 18.2 Å². The molecular weight excluding hydrogens is 268 g/mol. The lowest BCUT2D eigenvalue weighted by atomic mass is 9.75. The van der Waals surface area contributed by atoms with E-state index in [2.05, 4.69) is 50.2 Å². The molecular formula is C11H17BrN4. The van der Waals surface area contributed by atoms with Gasteiger partial charge in [0.15, 0.2) is 0 Å². The fraction of sp³-hybridized carbons (Fsp3) is 0.636. The second-order valence-corrected chi connectivity index (χ2v) is 5.36. The lowest BCUT2D eigenvalue weighted by molar-refractivity contribution is 0.0738. The molecule has 0 unspecified atom stereocenters.